The summed E-state index contributed by atoms with van der Waals surface area (Å²) in [7, 11) is 4.99. The van der Waals surface area contributed by atoms with Gasteiger partial charge in [-0.3, -0.25) is 14.2 Å². The third-order valence-corrected chi connectivity index (χ3v) is 11.4. The molecule has 2 N–H and O–H groups in total. The van der Waals surface area contributed by atoms with Gasteiger partial charge in [0.05, 0.1) is 55.3 Å². The van der Waals surface area contributed by atoms with Crippen molar-refractivity contribution in [3.8, 4) is 33.6 Å². The Morgan fingerprint density at radius 1 is 1.11 bits per heavy atom. The molecule has 1 aliphatic rings. The van der Waals surface area contributed by atoms with Crippen molar-refractivity contribution in [2.45, 2.75) is 84.0 Å². The number of amides is 1. The molecule has 0 radical (unpaired) electrons. The zero-order chi connectivity index (χ0) is 37.7. The smallest absolute Gasteiger partial charge is 0.270 e. The fraction of sp³-hybridized carbons (Fsp3) is 0.486. The first-order valence-electron chi connectivity index (χ1n) is 17.7. The van der Waals surface area contributed by atoms with E-state index in [0.29, 0.717) is 36.0 Å². The van der Waals surface area contributed by atoms with Crippen LogP contribution in [0.4, 0.5) is 0 Å². The molecule has 2 atom stereocenters. The van der Waals surface area contributed by atoms with Crippen molar-refractivity contribution in [2.24, 2.45) is 7.05 Å². The Kier molecular flexibility index (Phi) is 12.4. The zero-order valence-corrected chi connectivity index (χ0v) is 33.0. The number of methoxy groups -OCH3 is 2. The Labute approximate surface area is 316 Å². The van der Waals surface area contributed by atoms with Crippen LogP contribution in [0.15, 0.2) is 36.5 Å². The Hall–Kier alpha value is -4.06. The van der Waals surface area contributed by atoms with Gasteiger partial charge in [-0.25, -0.2) is 9.97 Å². The third kappa shape index (κ3) is 9.19. The van der Waals surface area contributed by atoms with Gasteiger partial charge in [0, 0.05) is 55.1 Å². The number of hydrogen-bond acceptors (Lipinski definition) is 12. The Morgan fingerprint density at radius 2 is 1.94 bits per heavy atom. The van der Waals surface area contributed by atoms with Crippen LogP contribution < -0.4 is 19.5 Å². The molecule has 1 amide bonds. The van der Waals surface area contributed by atoms with Gasteiger partial charge < -0.3 is 28.8 Å². The largest absolute Gasteiger partial charge is 0.598 e. The minimum absolute atomic E-state index is 0.141. The van der Waals surface area contributed by atoms with Gasteiger partial charge in [-0.15, -0.1) is 16.1 Å². The van der Waals surface area contributed by atoms with Crippen molar-refractivity contribution < 1.29 is 28.3 Å². The van der Waals surface area contributed by atoms with Gasteiger partial charge in [0.15, 0.2) is 6.29 Å². The monoisotopic (exact) mass is 764 g/mol. The molecule has 14 nitrogen and oxygen atoms in total. The second-order valence-corrected chi connectivity index (χ2v) is 17.0. The summed E-state index contributed by atoms with van der Waals surface area (Å²) >= 11 is 0.143. The van der Waals surface area contributed by atoms with E-state index < -0.39 is 16.1 Å². The number of rotatable bonds is 15. The van der Waals surface area contributed by atoms with Crippen LogP contribution in [0.2, 0.25) is 0 Å². The summed E-state index contributed by atoms with van der Waals surface area (Å²) in [6.07, 6.45) is 5.46. The summed E-state index contributed by atoms with van der Waals surface area (Å²) in [5.74, 6) is 0.882. The number of thiazole rings is 1. The maximum absolute atomic E-state index is 13.7. The number of hydrogen-bond donors (Lipinski definition) is 2. The summed E-state index contributed by atoms with van der Waals surface area (Å²) in [5, 5.41) is 13.7. The highest BCUT2D eigenvalue weighted by atomic mass is 32.2. The molecular formula is C37H48N8O6S2. The molecule has 4 aromatic heterocycles. The van der Waals surface area contributed by atoms with Crippen molar-refractivity contribution in [1.82, 2.24) is 39.6 Å². The molecule has 0 spiro atoms. The van der Waals surface area contributed by atoms with E-state index in [1.807, 2.05) is 57.6 Å². The van der Waals surface area contributed by atoms with Gasteiger partial charge >= 0.3 is 0 Å². The van der Waals surface area contributed by atoms with Gasteiger partial charge in [0.1, 0.15) is 38.3 Å². The molecule has 2 unspecified atom stereocenters. The van der Waals surface area contributed by atoms with Crippen LogP contribution in [-0.2, 0) is 47.5 Å². The minimum atomic E-state index is -1.34. The van der Waals surface area contributed by atoms with Crippen LogP contribution in [0.5, 0.6) is 11.5 Å². The number of ether oxygens (including phenoxy) is 4. The van der Waals surface area contributed by atoms with Gasteiger partial charge in [-0.2, -0.15) is 10.2 Å². The lowest BCUT2D eigenvalue weighted by molar-refractivity contribution is -0.163. The first-order chi connectivity index (χ1) is 25.4. The van der Waals surface area contributed by atoms with E-state index in [4.69, 9.17) is 34.0 Å². The van der Waals surface area contributed by atoms with Crippen molar-refractivity contribution in [3.05, 3.63) is 58.4 Å². The number of aryl methyl sites for hydroxylation is 3. The summed E-state index contributed by atoms with van der Waals surface area (Å²) < 4.78 is 42.1. The molecule has 5 heterocycles. The lowest BCUT2D eigenvalue weighted by Crippen LogP contribution is -2.38. The molecule has 0 saturated carbocycles. The van der Waals surface area contributed by atoms with Crippen LogP contribution in [0, 0.1) is 6.92 Å². The summed E-state index contributed by atoms with van der Waals surface area (Å²) in [4.78, 5) is 24.6. The van der Waals surface area contributed by atoms with Crippen molar-refractivity contribution in [2.75, 3.05) is 27.4 Å². The number of fused-ring (bicyclic) bond motifs is 1. The summed E-state index contributed by atoms with van der Waals surface area (Å²) in [6, 6.07) is 9.18. The van der Waals surface area contributed by atoms with Crippen molar-refractivity contribution in [3.63, 3.8) is 0 Å². The van der Waals surface area contributed by atoms with Crippen molar-refractivity contribution >= 4 is 39.5 Å². The SMILES string of the molecule is COc1ccc(CNC(=O)c2cc3c(cnn3C)c(-c3nc(-c4cc(C)nn4CCCOC4CCCCO4)sc3CN[S+]([O-])C(C)(C)C)n2)c(OC)c1. The molecule has 1 fully saturated rings. The van der Waals surface area contributed by atoms with Gasteiger partial charge in [-0.1, -0.05) is 0 Å². The molecule has 16 heteroatoms. The van der Waals surface area contributed by atoms with Crippen LogP contribution in [0.3, 0.4) is 0 Å². The molecule has 1 saturated heterocycles. The molecular weight excluding hydrogens is 717 g/mol. The number of nitrogens with zero attached hydrogens (tertiary/aromatic N) is 6. The number of pyridine rings is 1. The molecule has 0 aliphatic carbocycles. The highest BCUT2D eigenvalue weighted by Crippen LogP contribution is 2.37. The zero-order valence-electron chi connectivity index (χ0n) is 31.4. The molecule has 284 valence electrons. The second kappa shape index (κ2) is 17.0. The predicted molar refractivity (Wildman–Crippen MR) is 205 cm³/mol. The number of aromatic nitrogens is 6. The van der Waals surface area contributed by atoms with E-state index in [-0.39, 0.29) is 31.0 Å². The maximum atomic E-state index is 13.7. The Balaban J connectivity index is 1.33. The Morgan fingerprint density at radius 3 is 2.68 bits per heavy atom. The standard InChI is InChI=1S/C37H48N8O6S2/c1-23-17-29(45(43-23)14-10-16-51-32-11-8-9-15-50-32)36-42-34(31(52-36)22-40-53(47)37(2,3)4)33-26-21-39-44(5)28(26)19-27(41-33)35(46)38-20-24-12-13-25(48-6)18-30(24)49-7/h12-13,17-19,21,32,40H,8-11,14-16,20,22H2,1-7H3,(H,38,46). The Bertz CT molecular complexity index is 2030. The number of benzene rings is 1. The highest BCUT2D eigenvalue weighted by molar-refractivity contribution is 7.90. The van der Waals surface area contributed by atoms with Crippen LogP contribution >= 0.6 is 11.3 Å². The molecule has 1 aliphatic heterocycles. The molecule has 5 aromatic rings. The van der Waals surface area contributed by atoms with Gasteiger partial charge in [0.2, 0.25) is 0 Å². The number of nitrogens with one attached hydrogen (secondary N) is 2. The normalized spacial score (nSPS) is 15.5. The molecule has 0 bridgehead atoms. The quantitative estimate of drug-likeness (QED) is 0.0994. The molecule has 6 rings (SSSR count). The van der Waals surface area contributed by atoms with Crippen LogP contribution in [-0.4, -0.2) is 78.5 Å². The van der Waals surface area contributed by atoms with E-state index in [1.54, 1.807) is 37.2 Å². The summed E-state index contributed by atoms with van der Waals surface area (Å²) in [6.45, 7) is 10.1. The average Bonchev–Trinajstić information content (AvgIpc) is 3.86. The average molecular weight is 765 g/mol. The highest BCUT2D eigenvalue weighted by Gasteiger charge is 2.29. The fourth-order valence-electron chi connectivity index (χ4n) is 5.98. The van der Waals surface area contributed by atoms with E-state index in [2.05, 4.69) is 15.1 Å². The molecule has 53 heavy (non-hydrogen) atoms. The van der Waals surface area contributed by atoms with Crippen LogP contribution in [0.1, 0.15) is 73.1 Å². The minimum Gasteiger partial charge on any atom is -0.598 e. The third-order valence-electron chi connectivity index (χ3n) is 8.83. The fourth-order valence-corrected chi connectivity index (χ4v) is 7.80. The maximum Gasteiger partial charge on any atom is 0.270 e. The van der Waals surface area contributed by atoms with E-state index in [1.165, 1.54) is 11.3 Å². The van der Waals surface area contributed by atoms with Crippen molar-refractivity contribution in [1.29, 1.82) is 0 Å². The lowest BCUT2D eigenvalue weighted by atomic mass is 10.1. The second-order valence-electron chi connectivity index (χ2n) is 13.8. The van der Waals surface area contributed by atoms with Gasteiger partial charge in [-0.05, 0) is 77.6 Å². The van der Waals surface area contributed by atoms with Gasteiger partial charge in [0.25, 0.3) is 5.91 Å². The predicted octanol–water partition coefficient (Wildman–Crippen LogP) is 5.70. The topological polar surface area (TPSA) is 163 Å². The first-order valence-corrected chi connectivity index (χ1v) is 19.7. The van der Waals surface area contributed by atoms with E-state index in [0.717, 1.165) is 70.0 Å². The molecule has 1 aromatic carbocycles. The van der Waals surface area contributed by atoms with Crippen LogP contribution in [0.25, 0.3) is 33.0 Å². The lowest BCUT2D eigenvalue weighted by Gasteiger charge is -2.23. The number of carbonyl (C=O) groups excluding carboxylic acids is 1. The number of carbonyl (C=O) groups is 1. The van der Waals surface area contributed by atoms with E-state index in [9.17, 15) is 9.35 Å². The summed E-state index contributed by atoms with van der Waals surface area (Å²) in [5.41, 5.74) is 4.52. The van der Waals surface area contributed by atoms with E-state index >= 15 is 0 Å². The first kappa shape index (κ1) is 38.7.